The Hall–Kier alpha value is -1.82. The number of amides is 1. The third kappa shape index (κ3) is 6.20. The van der Waals surface area contributed by atoms with Gasteiger partial charge in [-0.2, -0.15) is 0 Å². The molecular formula is C18H22Cl2N4O. The average Bonchev–Trinajstić information content (AvgIpc) is 2.63. The zero-order valence-electron chi connectivity index (χ0n) is 13.9. The van der Waals surface area contributed by atoms with Crippen LogP contribution in [0.5, 0.6) is 0 Å². The highest BCUT2D eigenvalue weighted by Crippen LogP contribution is 2.16. The van der Waals surface area contributed by atoms with Crippen LogP contribution in [0, 0.1) is 0 Å². The number of hydrogen-bond donors (Lipinski definition) is 2. The van der Waals surface area contributed by atoms with Crippen molar-refractivity contribution in [2.75, 3.05) is 35.1 Å². The lowest BCUT2D eigenvalue weighted by Crippen LogP contribution is -2.37. The molecule has 2 rings (SSSR count). The molecule has 0 saturated carbocycles. The number of alkyl halides is 2. The second-order valence-corrected chi connectivity index (χ2v) is 6.33. The number of benzene rings is 1. The zero-order valence-corrected chi connectivity index (χ0v) is 15.4. The summed E-state index contributed by atoms with van der Waals surface area (Å²) < 4.78 is 0. The molecule has 1 amide bonds. The van der Waals surface area contributed by atoms with Crippen LogP contribution in [0.1, 0.15) is 5.56 Å². The Morgan fingerprint density at radius 1 is 1.16 bits per heavy atom. The molecule has 2 aromatic rings. The van der Waals surface area contributed by atoms with Gasteiger partial charge in [0, 0.05) is 36.7 Å². The molecule has 0 fully saturated rings. The first-order valence-corrected chi connectivity index (χ1v) is 9.13. The van der Waals surface area contributed by atoms with Crippen LogP contribution in [0.15, 0.2) is 48.8 Å². The Labute approximate surface area is 158 Å². The highest BCUT2D eigenvalue weighted by Gasteiger charge is 2.15. The average molecular weight is 381 g/mol. The van der Waals surface area contributed by atoms with Crippen molar-refractivity contribution >= 4 is 40.5 Å². The number of rotatable bonds is 9. The molecule has 134 valence electrons. The number of aromatic nitrogens is 1. The Bertz CT molecular complexity index is 646. The number of pyridine rings is 1. The molecule has 0 bridgehead atoms. The largest absolute Gasteiger partial charge is 0.369 e. The molecule has 0 spiro atoms. The number of hydrogen-bond acceptors (Lipinski definition) is 4. The minimum Gasteiger partial charge on any atom is -0.369 e. The summed E-state index contributed by atoms with van der Waals surface area (Å²) in [5, 5.41) is 2.76. The van der Waals surface area contributed by atoms with Gasteiger partial charge in [-0.3, -0.25) is 9.78 Å². The topological polar surface area (TPSA) is 71.2 Å². The lowest BCUT2D eigenvalue weighted by molar-refractivity contribution is -0.117. The predicted octanol–water partition coefficient (Wildman–Crippen LogP) is 2.87. The summed E-state index contributed by atoms with van der Waals surface area (Å²) >= 11 is 11.7. The Kier molecular flexibility index (Phi) is 7.98. The number of nitrogens with two attached hydrogens (primary N) is 1. The molecule has 0 saturated heterocycles. The highest BCUT2D eigenvalue weighted by molar-refractivity contribution is 6.18. The summed E-state index contributed by atoms with van der Waals surface area (Å²) in [6, 6.07) is 10.8. The molecule has 0 aliphatic rings. The zero-order chi connectivity index (χ0) is 18.1. The molecular weight excluding hydrogens is 359 g/mol. The van der Waals surface area contributed by atoms with Crippen LogP contribution in [-0.2, 0) is 11.2 Å². The molecule has 7 heteroatoms. The van der Waals surface area contributed by atoms with Gasteiger partial charge in [0.05, 0.1) is 17.9 Å². The van der Waals surface area contributed by atoms with Crippen molar-refractivity contribution in [2.45, 2.75) is 12.5 Å². The molecule has 1 heterocycles. The standard InChI is InChI=1S/C18H22Cl2N4O/c19-7-10-24(11-8-20)16-5-3-14(4-6-16)12-17(21)18(25)23-15-2-1-9-22-13-15/h1-6,9,13,17H,7-8,10-12,21H2,(H,23,25). The maximum Gasteiger partial charge on any atom is 0.241 e. The molecule has 1 aromatic carbocycles. The monoisotopic (exact) mass is 380 g/mol. The lowest BCUT2D eigenvalue weighted by Gasteiger charge is -2.23. The van der Waals surface area contributed by atoms with Crippen LogP contribution in [0.2, 0.25) is 0 Å². The predicted molar refractivity (Wildman–Crippen MR) is 105 cm³/mol. The van der Waals surface area contributed by atoms with Crippen LogP contribution >= 0.6 is 23.2 Å². The Morgan fingerprint density at radius 2 is 1.84 bits per heavy atom. The van der Waals surface area contributed by atoms with E-state index in [1.54, 1.807) is 24.5 Å². The van der Waals surface area contributed by atoms with Crippen molar-refractivity contribution in [3.8, 4) is 0 Å². The summed E-state index contributed by atoms with van der Waals surface area (Å²) in [4.78, 5) is 18.2. The molecule has 5 nitrogen and oxygen atoms in total. The van der Waals surface area contributed by atoms with Gasteiger partial charge in [0.2, 0.25) is 5.91 Å². The molecule has 0 aliphatic heterocycles. The van der Waals surface area contributed by atoms with E-state index in [1.165, 1.54) is 0 Å². The minimum absolute atomic E-state index is 0.233. The van der Waals surface area contributed by atoms with Gasteiger partial charge in [-0.15, -0.1) is 23.2 Å². The molecule has 1 aromatic heterocycles. The fraction of sp³-hybridized carbons (Fsp3) is 0.333. The number of nitrogens with zero attached hydrogens (tertiary/aromatic N) is 2. The van der Waals surface area contributed by atoms with Crippen molar-refractivity contribution in [3.05, 3.63) is 54.4 Å². The van der Waals surface area contributed by atoms with Crippen LogP contribution in [-0.4, -0.2) is 41.8 Å². The van der Waals surface area contributed by atoms with E-state index in [1.807, 2.05) is 24.3 Å². The number of carbonyl (C=O) groups is 1. The van der Waals surface area contributed by atoms with Crippen LogP contribution in [0.25, 0.3) is 0 Å². The molecule has 1 unspecified atom stereocenters. The van der Waals surface area contributed by atoms with Gasteiger partial charge in [0.15, 0.2) is 0 Å². The Morgan fingerprint density at radius 3 is 2.40 bits per heavy atom. The van der Waals surface area contributed by atoms with E-state index >= 15 is 0 Å². The molecule has 0 aliphatic carbocycles. The van der Waals surface area contributed by atoms with E-state index in [-0.39, 0.29) is 5.91 Å². The van der Waals surface area contributed by atoms with Gasteiger partial charge in [-0.05, 0) is 36.2 Å². The number of anilines is 2. The third-order valence-corrected chi connectivity index (χ3v) is 4.07. The highest BCUT2D eigenvalue weighted by atomic mass is 35.5. The van der Waals surface area contributed by atoms with Gasteiger partial charge in [0.25, 0.3) is 0 Å². The first kappa shape index (κ1) is 19.5. The van der Waals surface area contributed by atoms with Gasteiger partial charge >= 0.3 is 0 Å². The number of nitrogens with one attached hydrogen (secondary N) is 1. The van der Waals surface area contributed by atoms with E-state index in [0.717, 1.165) is 24.3 Å². The van der Waals surface area contributed by atoms with E-state index in [4.69, 9.17) is 28.9 Å². The molecule has 25 heavy (non-hydrogen) atoms. The molecule has 3 N–H and O–H groups in total. The first-order chi connectivity index (χ1) is 12.1. The quantitative estimate of drug-likeness (QED) is 0.656. The van der Waals surface area contributed by atoms with E-state index in [2.05, 4.69) is 15.2 Å². The molecule has 0 radical (unpaired) electrons. The normalized spacial score (nSPS) is 11.8. The fourth-order valence-electron chi connectivity index (χ4n) is 2.44. The van der Waals surface area contributed by atoms with E-state index in [9.17, 15) is 4.79 Å². The smallest absolute Gasteiger partial charge is 0.241 e. The van der Waals surface area contributed by atoms with E-state index in [0.29, 0.717) is 23.9 Å². The number of halogens is 2. The van der Waals surface area contributed by atoms with Crippen molar-refractivity contribution in [1.82, 2.24) is 4.98 Å². The Balaban J connectivity index is 1.94. The third-order valence-electron chi connectivity index (χ3n) is 3.73. The summed E-state index contributed by atoms with van der Waals surface area (Å²) in [6.07, 6.45) is 3.69. The van der Waals surface area contributed by atoms with Crippen molar-refractivity contribution in [2.24, 2.45) is 5.73 Å². The van der Waals surface area contributed by atoms with Crippen LogP contribution in [0.3, 0.4) is 0 Å². The van der Waals surface area contributed by atoms with Gasteiger partial charge < -0.3 is 16.0 Å². The van der Waals surface area contributed by atoms with Gasteiger partial charge in [-0.25, -0.2) is 0 Å². The van der Waals surface area contributed by atoms with Crippen molar-refractivity contribution < 1.29 is 4.79 Å². The lowest BCUT2D eigenvalue weighted by atomic mass is 10.1. The summed E-state index contributed by atoms with van der Waals surface area (Å²) in [7, 11) is 0. The number of carbonyl (C=O) groups excluding carboxylic acids is 1. The first-order valence-electron chi connectivity index (χ1n) is 8.06. The second-order valence-electron chi connectivity index (χ2n) is 5.57. The van der Waals surface area contributed by atoms with Crippen molar-refractivity contribution in [3.63, 3.8) is 0 Å². The van der Waals surface area contributed by atoms with Gasteiger partial charge in [0.1, 0.15) is 0 Å². The van der Waals surface area contributed by atoms with Crippen LogP contribution in [0.4, 0.5) is 11.4 Å². The van der Waals surface area contributed by atoms with Crippen LogP contribution < -0.4 is 16.0 Å². The fourth-order valence-corrected chi connectivity index (χ4v) is 2.84. The van der Waals surface area contributed by atoms with Crippen molar-refractivity contribution in [1.29, 1.82) is 0 Å². The SMILES string of the molecule is NC(Cc1ccc(N(CCCl)CCCl)cc1)C(=O)Nc1cccnc1. The van der Waals surface area contributed by atoms with E-state index < -0.39 is 6.04 Å². The summed E-state index contributed by atoms with van der Waals surface area (Å²) in [5.74, 6) is 0.846. The summed E-state index contributed by atoms with van der Waals surface area (Å²) in [6.45, 7) is 1.47. The van der Waals surface area contributed by atoms with Gasteiger partial charge in [-0.1, -0.05) is 12.1 Å². The maximum atomic E-state index is 12.2. The maximum absolute atomic E-state index is 12.2. The minimum atomic E-state index is -0.632. The molecule has 1 atom stereocenters. The summed E-state index contributed by atoms with van der Waals surface area (Å²) in [5.41, 5.74) is 8.70. The second kappa shape index (κ2) is 10.2.